The van der Waals surface area contributed by atoms with Crippen molar-refractivity contribution < 1.29 is 0 Å². The second-order valence-electron chi connectivity index (χ2n) is 5.08. The molecular formula is C15H20BrN3S. The third-order valence-electron chi connectivity index (χ3n) is 3.05. The Morgan fingerprint density at radius 3 is 2.65 bits per heavy atom. The molecule has 0 aliphatic heterocycles. The molecule has 0 spiro atoms. The SMILES string of the molecule is CCCNc1nc(C(C)C)nc(-c2sccc2Br)c1C. The van der Waals surface area contributed by atoms with Crippen LogP contribution in [-0.2, 0) is 0 Å². The number of thiophene rings is 1. The lowest BCUT2D eigenvalue weighted by Crippen LogP contribution is -2.09. The van der Waals surface area contributed by atoms with E-state index in [0.29, 0.717) is 5.92 Å². The van der Waals surface area contributed by atoms with Crippen LogP contribution in [-0.4, -0.2) is 16.5 Å². The van der Waals surface area contributed by atoms with E-state index in [9.17, 15) is 0 Å². The van der Waals surface area contributed by atoms with Crippen LogP contribution in [0.2, 0.25) is 0 Å². The standard InChI is InChI=1S/C15H20BrN3S/c1-5-7-17-15-10(4)12(13-11(16)6-8-20-13)18-14(19-15)9(2)3/h6,8-9H,5,7H2,1-4H3,(H,17,18,19). The van der Waals surface area contributed by atoms with Crippen molar-refractivity contribution in [3.8, 4) is 10.6 Å². The number of nitrogens with zero attached hydrogens (tertiary/aromatic N) is 2. The number of halogens is 1. The van der Waals surface area contributed by atoms with Gasteiger partial charge in [-0.25, -0.2) is 9.97 Å². The molecule has 0 fully saturated rings. The molecule has 0 saturated carbocycles. The number of nitrogens with one attached hydrogen (secondary N) is 1. The lowest BCUT2D eigenvalue weighted by atomic mass is 10.1. The lowest BCUT2D eigenvalue weighted by Gasteiger charge is -2.15. The normalized spacial score (nSPS) is 11.1. The van der Waals surface area contributed by atoms with E-state index in [1.807, 2.05) is 0 Å². The van der Waals surface area contributed by atoms with Crippen LogP contribution in [0.15, 0.2) is 15.9 Å². The highest BCUT2D eigenvalue weighted by Gasteiger charge is 2.16. The molecule has 2 aromatic heterocycles. The van der Waals surface area contributed by atoms with Crippen molar-refractivity contribution in [1.82, 2.24) is 9.97 Å². The Hall–Kier alpha value is -0.940. The zero-order valence-corrected chi connectivity index (χ0v) is 14.7. The lowest BCUT2D eigenvalue weighted by molar-refractivity contribution is 0.773. The maximum atomic E-state index is 4.77. The number of rotatable bonds is 5. The molecule has 3 nitrogen and oxygen atoms in total. The quantitative estimate of drug-likeness (QED) is 0.800. The number of aromatic nitrogens is 2. The molecule has 0 atom stereocenters. The molecule has 0 aliphatic carbocycles. The van der Waals surface area contributed by atoms with Crippen molar-refractivity contribution in [3.05, 3.63) is 27.3 Å². The van der Waals surface area contributed by atoms with E-state index in [1.165, 1.54) is 4.88 Å². The van der Waals surface area contributed by atoms with Crippen LogP contribution >= 0.6 is 27.3 Å². The minimum Gasteiger partial charge on any atom is -0.370 e. The van der Waals surface area contributed by atoms with Gasteiger partial charge in [-0.3, -0.25) is 0 Å². The van der Waals surface area contributed by atoms with Crippen molar-refractivity contribution in [2.75, 3.05) is 11.9 Å². The molecule has 2 rings (SSSR count). The first-order valence-electron chi connectivity index (χ1n) is 6.90. The highest BCUT2D eigenvalue weighted by Crippen LogP contribution is 2.36. The maximum Gasteiger partial charge on any atom is 0.134 e. The van der Waals surface area contributed by atoms with E-state index < -0.39 is 0 Å². The van der Waals surface area contributed by atoms with Crippen LogP contribution in [0.4, 0.5) is 5.82 Å². The minimum absolute atomic E-state index is 0.315. The second kappa shape index (κ2) is 6.68. The summed E-state index contributed by atoms with van der Waals surface area (Å²) in [4.78, 5) is 10.6. The summed E-state index contributed by atoms with van der Waals surface area (Å²) in [6.07, 6.45) is 1.08. The summed E-state index contributed by atoms with van der Waals surface area (Å²) < 4.78 is 1.10. The Balaban J connectivity index is 2.55. The molecule has 2 aromatic rings. The summed E-state index contributed by atoms with van der Waals surface area (Å²) in [6, 6.07) is 2.07. The van der Waals surface area contributed by atoms with Crippen molar-refractivity contribution in [2.24, 2.45) is 0 Å². The summed E-state index contributed by atoms with van der Waals surface area (Å²) in [5.74, 6) is 2.17. The van der Waals surface area contributed by atoms with Crippen LogP contribution in [0.5, 0.6) is 0 Å². The number of anilines is 1. The van der Waals surface area contributed by atoms with Crippen molar-refractivity contribution >= 4 is 33.1 Å². The van der Waals surface area contributed by atoms with Gasteiger partial charge in [0.1, 0.15) is 11.6 Å². The van der Waals surface area contributed by atoms with E-state index in [0.717, 1.165) is 40.3 Å². The molecule has 0 bridgehead atoms. The van der Waals surface area contributed by atoms with Crippen molar-refractivity contribution in [2.45, 2.75) is 40.0 Å². The zero-order chi connectivity index (χ0) is 14.7. The first-order chi connectivity index (χ1) is 9.54. The summed E-state index contributed by atoms with van der Waals surface area (Å²) in [7, 11) is 0. The number of hydrogen-bond acceptors (Lipinski definition) is 4. The molecule has 20 heavy (non-hydrogen) atoms. The van der Waals surface area contributed by atoms with Crippen LogP contribution in [0.1, 0.15) is 44.5 Å². The van der Waals surface area contributed by atoms with Gasteiger partial charge in [-0.2, -0.15) is 0 Å². The van der Waals surface area contributed by atoms with E-state index >= 15 is 0 Å². The third kappa shape index (κ3) is 3.20. The molecule has 5 heteroatoms. The molecule has 0 unspecified atom stereocenters. The minimum atomic E-state index is 0.315. The molecule has 0 radical (unpaired) electrons. The first kappa shape index (κ1) is 15.4. The van der Waals surface area contributed by atoms with Crippen LogP contribution in [0, 0.1) is 6.92 Å². The second-order valence-corrected chi connectivity index (χ2v) is 6.85. The van der Waals surface area contributed by atoms with Gasteiger partial charge in [-0.15, -0.1) is 11.3 Å². The Labute approximate surface area is 133 Å². The summed E-state index contributed by atoms with van der Waals surface area (Å²) in [6.45, 7) is 9.43. The van der Waals surface area contributed by atoms with Gasteiger partial charge in [0.25, 0.3) is 0 Å². The maximum absolute atomic E-state index is 4.77. The van der Waals surface area contributed by atoms with Gasteiger partial charge in [0.05, 0.1) is 10.6 Å². The Morgan fingerprint density at radius 1 is 1.35 bits per heavy atom. The highest BCUT2D eigenvalue weighted by atomic mass is 79.9. The average molecular weight is 354 g/mol. The van der Waals surface area contributed by atoms with Gasteiger partial charge in [-0.05, 0) is 40.7 Å². The number of hydrogen-bond donors (Lipinski definition) is 1. The fraction of sp³-hybridized carbons (Fsp3) is 0.467. The topological polar surface area (TPSA) is 37.8 Å². The van der Waals surface area contributed by atoms with E-state index in [1.54, 1.807) is 11.3 Å². The molecule has 0 saturated heterocycles. The van der Waals surface area contributed by atoms with Gasteiger partial charge in [0.2, 0.25) is 0 Å². The van der Waals surface area contributed by atoms with E-state index in [-0.39, 0.29) is 0 Å². The van der Waals surface area contributed by atoms with Crippen LogP contribution in [0.3, 0.4) is 0 Å². The zero-order valence-electron chi connectivity index (χ0n) is 12.3. The predicted molar refractivity (Wildman–Crippen MR) is 90.7 cm³/mol. The average Bonchev–Trinajstić information content (AvgIpc) is 2.83. The summed E-state index contributed by atoms with van der Waals surface area (Å²) in [5.41, 5.74) is 2.15. The fourth-order valence-electron chi connectivity index (χ4n) is 1.89. The first-order valence-corrected chi connectivity index (χ1v) is 8.57. The van der Waals surface area contributed by atoms with Gasteiger partial charge >= 0.3 is 0 Å². The summed E-state index contributed by atoms with van der Waals surface area (Å²) in [5, 5.41) is 5.50. The Morgan fingerprint density at radius 2 is 2.10 bits per heavy atom. The molecule has 0 amide bonds. The van der Waals surface area contributed by atoms with Crippen LogP contribution in [0.25, 0.3) is 10.6 Å². The van der Waals surface area contributed by atoms with Crippen LogP contribution < -0.4 is 5.32 Å². The third-order valence-corrected chi connectivity index (χ3v) is 4.90. The summed E-state index contributed by atoms with van der Waals surface area (Å²) >= 11 is 5.31. The predicted octanol–water partition coefficient (Wildman–Crippen LogP) is 5.22. The van der Waals surface area contributed by atoms with Gasteiger partial charge in [0.15, 0.2) is 0 Å². The van der Waals surface area contributed by atoms with E-state index in [2.05, 4.69) is 65.4 Å². The molecule has 2 heterocycles. The van der Waals surface area contributed by atoms with Gasteiger partial charge < -0.3 is 5.32 Å². The molecule has 0 aromatic carbocycles. The Kier molecular flexibility index (Phi) is 5.16. The largest absolute Gasteiger partial charge is 0.370 e. The molecular weight excluding hydrogens is 334 g/mol. The van der Waals surface area contributed by atoms with Gasteiger partial charge in [0, 0.05) is 22.5 Å². The fourth-order valence-corrected chi connectivity index (χ4v) is 3.50. The van der Waals surface area contributed by atoms with Gasteiger partial charge in [-0.1, -0.05) is 20.8 Å². The Bertz CT molecular complexity index is 593. The monoisotopic (exact) mass is 353 g/mol. The highest BCUT2D eigenvalue weighted by molar-refractivity contribution is 9.10. The van der Waals surface area contributed by atoms with E-state index in [4.69, 9.17) is 4.98 Å². The molecule has 108 valence electrons. The molecule has 1 N–H and O–H groups in total. The smallest absolute Gasteiger partial charge is 0.134 e. The van der Waals surface area contributed by atoms with Crippen molar-refractivity contribution in [3.63, 3.8) is 0 Å². The molecule has 0 aliphatic rings. The van der Waals surface area contributed by atoms with Crippen molar-refractivity contribution in [1.29, 1.82) is 0 Å².